The molecule has 0 bridgehead atoms. The lowest BCUT2D eigenvalue weighted by Gasteiger charge is -2.21. The van der Waals surface area contributed by atoms with Gasteiger partial charge in [-0.3, -0.25) is 0 Å². The maximum absolute atomic E-state index is 6.33. The number of hydrogen-bond donors (Lipinski definition) is 1. The van der Waals surface area contributed by atoms with Crippen LogP contribution >= 0.6 is 22.9 Å². The molecule has 0 amide bonds. The minimum atomic E-state index is -0.123. The molecule has 3 aromatic rings. The summed E-state index contributed by atoms with van der Waals surface area (Å²) in [6.45, 7) is 0. The van der Waals surface area contributed by atoms with Crippen molar-refractivity contribution in [3.63, 3.8) is 0 Å². The molecule has 0 fully saturated rings. The number of ether oxygens (including phenoxy) is 1. The molecule has 114 valence electrons. The zero-order valence-electron chi connectivity index (χ0n) is 12.3. The lowest BCUT2D eigenvalue weighted by atomic mass is 10.1. The van der Waals surface area contributed by atoms with Gasteiger partial charge in [-0.05, 0) is 29.9 Å². The molecule has 0 radical (unpaired) electrons. The largest absolute Gasteiger partial charge is 0.484 e. The van der Waals surface area contributed by atoms with Gasteiger partial charge >= 0.3 is 0 Å². The number of hydrogen-bond acceptors (Lipinski definition) is 3. The summed E-state index contributed by atoms with van der Waals surface area (Å²) in [7, 11) is 1.86. The average molecular weight is 332 g/mol. The van der Waals surface area contributed by atoms with Gasteiger partial charge in [0.25, 0.3) is 0 Å². The number of thiophene rings is 1. The van der Waals surface area contributed by atoms with Crippen molar-refractivity contribution in [3.8, 4) is 5.75 Å². The number of halogens is 1. The summed E-state index contributed by atoms with van der Waals surface area (Å²) >= 11 is 7.97. The third-order valence-electron chi connectivity index (χ3n) is 3.61. The standard InChI is InChI=1S/C18H18ClNOS/c1-20-18(19)12-16(17-10-5-11-22-17)21-15-9-4-7-13-6-2-3-8-14(13)15/h2-11,16,18,20H,12H2,1H3/t16?,18-/m1/s1. The number of alkyl halides is 1. The Bertz CT molecular complexity index is 724. The van der Waals surface area contributed by atoms with Crippen LogP contribution in [0.25, 0.3) is 10.8 Å². The average Bonchev–Trinajstić information content (AvgIpc) is 3.09. The van der Waals surface area contributed by atoms with Crippen LogP contribution in [0.3, 0.4) is 0 Å². The predicted molar refractivity (Wildman–Crippen MR) is 95.0 cm³/mol. The van der Waals surface area contributed by atoms with E-state index in [1.54, 1.807) is 11.3 Å². The highest BCUT2D eigenvalue weighted by Crippen LogP contribution is 2.33. The molecule has 0 saturated heterocycles. The summed E-state index contributed by atoms with van der Waals surface area (Å²) in [6.07, 6.45) is 0.655. The molecule has 0 aliphatic rings. The molecule has 2 atom stereocenters. The molecule has 0 aliphatic carbocycles. The van der Waals surface area contributed by atoms with Crippen LogP contribution in [-0.2, 0) is 0 Å². The van der Waals surface area contributed by atoms with Gasteiger partial charge < -0.3 is 10.1 Å². The smallest absolute Gasteiger partial charge is 0.136 e. The molecule has 0 aliphatic heterocycles. The van der Waals surface area contributed by atoms with Crippen molar-refractivity contribution in [1.82, 2.24) is 5.32 Å². The first-order chi connectivity index (χ1) is 10.8. The Balaban J connectivity index is 1.92. The molecule has 0 saturated carbocycles. The molecule has 1 aromatic heterocycles. The van der Waals surface area contributed by atoms with Crippen molar-refractivity contribution in [2.45, 2.75) is 18.0 Å². The van der Waals surface area contributed by atoms with Gasteiger partial charge in [0, 0.05) is 16.7 Å². The van der Waals surface area contributed by atoms with Gasteiger partial charge in [-0.15, -0.1) is 22.9 Å². The zero-order chi connectivity index (χ0) is 15.4. The molecule has 1 unspecified atom stereocenters. The fourth-order valence-corrected chi connectivity index (χ4v) is 3.38. The van der Waals surface area contributed by atoms with E-state index >= 15 is 0 Å². The van der Waals surface area contributed by atoms with E-state index in [1.165, 1.54) is 10.3 Å². The summed E-state index contributed by atoms with van der Waals surface area (Å²) in [5, 5.41) is 7.45. The van der Waals surface area contributed by atoms with Crippen molar-refractivity contribution in [3.05, 3.63) is 64.9 Å². The van der Waals surface area contributed by atoms with Gasteiger partial charge in [0.2, 0.25) is 0 Å². The maximum atomic E-state index is 6.33. The van der Waals surface area contributed by atoms with Gasteiger partial charge in [-0.25, -0.2) is 0 Å². The van der Waals surface area contributed by atoms with Crippen LogP contribution in [0.2, 0.25) is 0 Å². The van der Waals surface area contributed by atoms with E-state index < -0.39 is 0 Å². The molecule has 22 heavy (non-hydrogen) atoms. The monoisotopic (exact) mass is 331 g/mol. The summed E-state index contributed by atoms with van der Waals surface area (Å²) in [6, 6.07) is 18.5. The van der Waals surface area contributed by atoms with Gasteiger partial charge in [0.15, 0.2) is 0 Å². The second-order valence-corrected chi connectivity index (χ2v) is 6.60. The normalized spacial score (nSPS) is 13.9. The summed E-state index contributed by atoms with van der Waals surface area (Å²) < 4.78 is 6.33. The van der Waals surface area contributed by atoms with Crippen LogP contribution in [0.15, 0.2) is 60.0 Å². The van der Waals surface area contributed by atoms with E-state index in [4.69, 9.17) is 16.3 Å². The first-order valence-electron chi connectivity index (χ1n) is 7.27. The molecule has 0 spiro atoms. The third-order valence-corrected chi connectivity index (χ3v) is 4.97. The SMILES string of the molecule is CN[C@@H](Cl)CC(Oc1cccc2ccccc12)c1cccs1. The Morgan fingerprint density at radius 2 is 1.91 bits per heavy atom. The summed E-state index contributed by atoms with van der Waals surface area (Å²) in [5.74, 6) is 0.900. The summed E-state index contributed by atoms with van der Waals surface area (Å²) in [4.78, 5) is 1.19. The van der Waals surface area contributed by atoms with E-state index in [-0.39, 0.29) is 11.6 Å². The van der Waals surface area contributed by atoms with Crippen LogP contribution < -0.4 is 10.1 Å². The maximum Gasteiger partial charge on any atom is 0.136 e. The molecule has 3 rings (SSSR count). The number of benzene rings is 2. The van der Waals surface area contributed by atoms with Crippen LogP contribution in [0.1, 0.15) is 17.4 Å². The van der Waals surface area contributed by atoms with Crippen molar-refractivity contribution in [1.29, 1.82) is 0 Å². The fourth-order valence-electron chi connectivity index (χ4n) is 2.45. The molecule has 2 aromatic carbocycles. The van der Waals surface area contributed by atoms with Gasteiger partial charge in [0.1, 0.15) is 11.9 Å². The van der Waals surface area contributed by atoms with E-state index in [0.29, 0.717) is 6.42 Å². The zero-order valence-corrected chi connectivity index (χ0v) is 13.9. The first kappa shape index (κ1) is 15.3. The lowest BCUT2D eigenvalue weighted by molar-refractivity contribution is 0.196. The quantitative estimate of drug-likeness (QED) is 0.495. The van der Waals surface area contributed by atoms with Crippen molar-refractivity contribution in [2.75, 3.05) is 7.05 Å². The highest BCUT2D eigenvalue weighted by atomic mass is 35.5. The second kappa shape index (κ2) is 7.14. The summed E-state index contributed by atoms with van der Waals surface area (Å²) in [5.41, 5.74) is -0.123. The highest BCUT2D eigenvalue weighted by Gasteiger charge is 2.19. The number of nitrogens with one attached hydrogen (secondary N) is 1. The van der Waals surface area contributed by atoms with E-state index in [2.05, 4.69) is 35.0 Å². The van der Waals surface area contributed by atoms with Crippen LogP contribution in [-0.4, -0.2) is 12.5 Å². The third kappa shape index (κ3) is 3.43. The van der Waals surface area contributed by atoms with Crippen molar-refractivity contribution < 1.29 is 4.74 Å². The number of rotatable bonds is 6. The highest BCUT2D eigenvalue weighted by molar-refractivity contribution is 7.10. The molecule has 2 nitrogen and oxygen atoms in total. The van der Waals surface area contributed by atoms with Crippen molar-refractivity contribution in [2.24, 2.45) is 0 Å². The minimum absolute atomic E-state index is 0.0549. The van der Waals surface area contributed by atoms with Crippen LogP contribution in [0.5, 0.6) is 5.75 Å². The van der Waals surface area contributed by atoms with Crippen LogP contribution in [0.4, 0.5) is 0 Å². The van der Waals surface area contributed by atoms with E-state index in [9.17, 15) is 0 Å². The Hall–Kier alpha value is -1.55. The molecule has 1 N–H and O–H groups in total. The number of fused-ring (bicyclic) bond motifs is 1. The Labute approximate surface area is 139 Å². The fraction of sp³-hybridized carbons (Fsp3) is 0.222. The lowest BCUT2D eigenvalue weighted by Crippen LogP contribution is -2.23. The topological polar surface area (TPSA) is 21.3 Å². The van der Waals surface area contributed by atoms with Gasteiger partial charge in [-0.1, -0.05) is 42.5 Å². The molecular formula is C18H18ClNOS. The molecular weight excluding hydrogens is 314 g/mol. The van der Waals surface area contributed by atoms with E-state index in [0.717, 1.165) is 11.1 Å². The Morgan fingerprint density at radius 1 is 1.09 bits per heavy atom. The van der Waals surface area contributed by atoms with Crippen LogP contribution in [0, 0.1) is 0 Å². The van der Waals surface area contributed by atoms with E-state index in [1.807, 2.05) is 37.4 Å². The van der Waals surface area contributed by atoms with Crippen molar-refractivity contribution >= 4 is 33.7 Å². The minimum Gasteiger partial charge on any atom is -0.484 e. The molecule has 1 heterocycles. The van der Waals surface area contributed by atoms with Gasteiger partial charge in [0.05, 0.1) is 5.50 Å². The predicted octanol–water partition coefficient (Wildman–Crippen LogP) is 5.20. The Kier molecular flexibility index (Phi) is 4.98. The first-order valence-corrected chi connectivity index (χ1v) is 8.58. The molecule has 4 heteroatoms. The Morgan fingerprint density at radius 3 is 2.68 bits per heavy atom. The van der Waals surface area contributed by atoms with Gasteiger partial charge in [-0.2, -0.15) is 0 Å². The second-order valence-electron chi connectivity index (χ2n) is 5.09.